The van der Waals surface area contributed by atoms with Crippen molar-refractivity contribution >= 4 is 45.0 Å². The van der Waals surface area contributed by atoms with E-state index in [2.05, 4.69) is 4.90 Å². The van der Waals surface area contributed by atoms with Crippen molar-refractivity contribution in [3.05, 3.63) is 35.9 Å². The van der Waals surface area contributed by atoms with Gasteiger partial charge in [-0.05, 0) is 30.3 Å². The molecule has 0 radical (unpaired) electrons. The van der Waals surface area contributed by atoms with Gasteiger partial charge in [0.15, 0.2) is 16.6 Å². The number of carbonyl (C=O) groups is 1. The first-order valence-corrected chi connectivity index (χ1v) is 11.8. The number of morpholine rings is 1. The van der Waals surface area contributed by atoms with Crippen molar-refractivity contribution in [2.45, 2.75) is 0 Å². The lowest BCUT2D eigenvalue weighted by Gasteiger charge is -2.29. The van der Waals surface area contributed by atoms with Crippen molar-refractivity contribution in [1.29, 1.82) is 0 Å². The molecule has 35 heavy (non-hydrogen) atoms. The van der Waals surface area contributed by atoms with Crippen LogP contribution in [-0.2, 0) is 4.74 Å². The standard InChI is InChI=1S/C24H29N3O6S.ClH/c1-29-17-5-6-18-21(15-17)34-24(25-18)27(8-7-26-9-11-33-12-10-26)23(28)16-13-19(30-2)22(32-4)20(14-16)31-3;/h5-6,13-15H,7-12H2,1-4H3;1H. The highest BCUT2D eigenvalue weighted by atomic mass is 35.5. The molecule has 0 atom stereocenters. The first-order valence-electron chi connectivity index (χ1n) is 10.9. The SMILES string of the molecule is COc1ccc2nc(N(CCN3CCOCC3)C(=O)c3cc(OC)c(OC)c(OC)c3)sc2c1.Cl. The molecule has 0 aliphatic carbocycles. The molecular weight excluding hydrogens is 494 g/mol. The summed E-state index contributed by atoms with van der Waals surface area (Å²) >= 11 is 1.46. The van der Waals surface area contributed by atoms with E-state index in [0.717, 1.165) is 29.1 Å². The Morgan fingerprint density at radius 3 is 2.31 bits per heavy atom. The van der Waals surface area contributed by atoms with Crippen LogP contribution in [0, 0.1) is 0 Å². The van der Waals surface area contributed by atoms with E-state index >= 15 is 0 Å². The molecule has 3 aromatic rings. The monoisotopic (exact) mass is 523 g/mol. The first kappa shape index (κ1) is 26.8. The molecular formula is C24H30ClN3O6S. The van der Waals surface area contributed by atoms with Gasteiger partial charge in [-0.1, -0.05) is 11.3 Å². The van der Waals surface area contributed by atoms with Crippen LogP contribution in [0.15, 0.2) is 30.3 Å². The van der Waals surface area contributed by atoms with Gasteiger partial charge in [0.2, 0.25) is 5.75 Å². The number of halogens is 1. The molecule has 0 bridgehead atoms. The van der Waals surface area contributed by atoms with Crippen LogP contribution in [0.1, 0.15) is 10.4 Å². The highest BCUT2D eigenvalue weighted by molar-refractivity contribution is 7.22. The molecule has 1 fully saturated rings. The Morgan fingerprint density at radius 2 is 1.71 bits per heavy atom. The normalized spacial score (nSPS) is 13.7. The summed E-state index contributed by atoms with van der Waals surface area (Å²) in [5.74, 6) is 1.84. The molecule has 2 aromatic carbocycles. The smallest absolute Gasteiger partial charge is 0.260 e. The zero-order chi connectivity index (χ0) is 24.1. The fraction of sp³-hybridized carbons (Fsp3) is 0.417. The van der Waals surface area contributed by atoms with Crippen molar-refractivity contribution in [2.75, 3.05) is 72.7 Å². The molecule has 1 saturated heterocycles. The molecule has 1 amide bonds. The molecule has 1 aliphatic heterocycles. The van der Waals surface area contributed by atoms with Gasteiger partial charge in [0.25, 0.3) is 5.91 Å². The first-order chi connectivity index (χ1) is 16.6. The van der Waals surface area contributed by atoms with Gasteiger partial charge < -0.3 is 23.7 Å². The number of anilines is 1. The Balaban J connectivity index is 0.00000342. The van der Waals surface area contributed by atoms with E-state index in [1.54, 1.807) is 24.1 Å². The van der Waals surface area contributed by atoms with Crippen LogP contribution < -0.4 is 23.8 Å². The second kappa shape index (κ2) is 12.3. The number of thiazole rings is 1. The number of benzene rings is 2. The quantitative estimate of drug-likeness (QED) is 0.419. The molecule has 0 saturated carbocycles. The lowest BCUT2D eigenvalue weighted by molar-refractivity contribution is 0.0391. The summed E-state index contributed by atoms with van der Waals surface area (Å²) in [6.07, 6.45) is 0. The second-order valence-electron chi connectivity index (χ2n) is 7.65. The van der Waals surface area contributed by atoms with E-state index in [-0.39, 0.29) is 18.3 Å². The van der Waals surface area contributed by atoms with Gasteiger partial charge in [-0.25, -0.2) is 4.98 Å². The number of hydrogen-bond acceptors (Lipinski definition) is 9. The van der Waals surface area contributed by atoms with E-state index in [4.69, 9.17) is 28.7 Å². The fourth-order valence-corrected chi connectivity index (χ4v) is 4.86. The fourth-order valence-electron chi connectivity index (χ4n) is 3.85. The molecule has 0 N–H and O–H groups in total. The van der Waals surface area contributed by atoms with Gasteiger partial charge in [0.05, 0.1) is 51.9 Å². The third-order valence-electron chi connectivity index (χ3n) is 5.72. The third-order valence-corrected chi connectivity index (χ3v) is 6.76. The highest BCUT2D eigenvalue weighted by Gasteiger charge is 2.25. The predicted molar refractivity (Wildman–Crippen MR) is 138 cm³/mol. The molecule has 11 heteroatoms. The summed E-state index contributed by atoms with van der Waals surface area (Å²) in [4.78, 5) is 22.6. The van der Waals surface area contributed by atoms with Crippen LogP contribution in [0.3, 0.4) is 0 Å². The van der Waals surface area contributed by atoms with Crippen LogP contribution in [0.25, 0.3) is 10.2 Å². The molecule has 1 aliphatic rings. The summed E-state index contributed by atoms with van der Waals surface area (Å²) in [5, 5.41) is 0.621. The molecule has 0 unspecified atom stereocenters. The Hall–Kier alpha value is -2.79. The number of amides is 1. The van der Waals surface area contributed by atoms with E-state index in [1.807, 2.05) is 18.2 Å². The van der Waals surface area contributed by atoms with E-state index in [0.29, 0.717) is 54.2 Å². The summed E-state index contributed by atoms with van der Waals surface area (Å²) in [6, 6.07) is 9.03. The van der Waals surface area contributed by atoms with Crippen LogP contribution in [0.4, 0.5) is 5.13 Å². The Morgan fingerprint density at radius 1 is 1.03 bits per heavy atom. The second-order valence-corrected chi connectivity index (χ2v) is 8.66. The number of fused-ring (bicyclic) bond motifs is 1. The summed E-state index contributed by atoms with van der Waals surface area (Å²) in [5.41, 5.74) is 1.24. The third kappa shape index (κ3) is 5.90. The van der Waals surface area contributed by atoms with Crippen LogP contribution >= 0.6 is 23.7 Å². The molecule has 1 aromatic heterocycles. The zero-order valence-corrected chi connectivity index (χ0v) is 21.9. The lowest BCUT2D eigenvalue weighted by atomic mass is 10.1. The van der Waals surface area contributed by atoms with Crippen LogP contribution in [-0.4, -0.2) is 83.6 Å². The number of ether oxygens (including phenoxy) is 5. The van der Waals surface area contributed by atoms with E-state index in [1.165, 1.54) is 32.7 Å². The molecule has 9 nitrogen and oxygen atoms in total. The maximum absolute atomic E-state index is 13.8. The number of nitrogens with zero attached hydrogens (tertiary/aromatic N) is 3. The predicted octanol–water partition coefficient (Wildman–Crippen LogP) is 3.73. The Kier molecular flexibility index (Phi) is 9.39. The van der Waals surface area contributed by atoms with Gasteiger partial charge in [-0.3, -0.25) is 14.6 Å². The summed E-state index contributed by atoms with van der Waals surface area (Å²) < 4.78 is 28.1. The average molecular weight is 524 g/mol. The van der Waals surface area contributed by atoms with Crippen LogP contribution in [0.2, 0.25) is 0 Å². The minimum absolute atomic E-state index is 0. The van der Waals surface area contributed by atoms with Gasteiger partial charge in [-0.2, -0.15) is 0 Å². The zero-order valence-electron chi connectivity index (χ0n) is 20.2. The Bertz CT molecular complexity index is 1130. The number of hydrogen-bond donors (Lipinski definition) is 0. The number of carbonyl (C=O) groups excluding carboxylic acids is 1. The lowest BCUT2D eigenvalue weighted by Crippen LogP contribution is -2.43. The topological polar surface area (TPSA) is 82.6 Å². The van der Waals surface area contributed by atoms with Gasteiger partial charge in [0.1, 0.15) is 5.75 Å². The van der Waals surface area contributed by atoms with Crippen molar-refractivity contribution in [1.82, 2.24) is 9.88 Å². The number of rotatable bonds is 9. The largest absolute Gasteiger partial charge is 0.497 e. The van der Waals surface area contributed by atoms with E-state index in [9.17, 15) is 4.79 Å². The average Bonchev–Trinajstić information content (AvgIpc) is 3.31. The van der Waals surface area contributed by atoms with Crippen molar-refractivity contribution < 1.29 is 28.5 Å². The van der Waals surface area contributed by atoms with Gasteiger partial charge in [-0.15, -0.1) is 12.4 Å². The van der Waals surface area contributed by atoms with Gasteiger partial charge in [0, 0.05) is 31.7 Å². The summed E-state index contributed by atoms with van der Waals surface area (Å²) in [6.45, 7) is 4.25. The molecule has 4 rings (SSSR count). The minimum Gasteiger partial charge on any atom is -0.497 e. The molecule has 0 spiro atoms. The van der Waals surface area contributed by atoms with Gasteiger partial charge >= 0.3 is 0 Å². The number of aromatic nitrogens is 1. The van der Waals surface area contributed by atoms with Crippen molar-refractivity contribution in [3.63, 3.8) is 0 Å². The highest BCUT2D eigenvalue weighted by Crippen LogP contribution is 2.39. The van der Waals surface area contributed by atoms with Crippen LogP contribution in [0.5, 0.6) is 23.0 Å². The number of methoxy groups -OCH3 is 4. The van der Waals surface area contributed by atoms with E-state index < -0.39 is 0 Å². The maximum Gasteiger partial charge on any atom is 0.260 e. The minimum atomic E-state index is -0.196. The molecule has 2 heterocycles. The Labute approximate surface area is 214 Å². The molecule has 190 valence electrons. The summed E-state index contributed by atoms with van der Waals surface area (Å²) in [7, 11) is 6.23. The van der Waals surface area contributed by atoms with Crippen molar-refractivity contribution in [3.8, 4) is 23.0 Å². The maximum atomic E-state index is 13.8. The van der Waals surface area contributed by atoms with Crippen molar-refractivity contribution in [2.24, 2.45) is 0 Å².